The minimum absolute atomic E-state index is 0.171. The average molecular weight is 320 g/mol. The summed E-state index contributed by atoms with van der Waals surface area (Å²) in [5.74, 6) is 0. The highest BCUT2D eigenvalue weighted by molar-refractivity contribution is 9.10. The highest BCUT2D eigenvalue weighted by Crippen LogP contribution is 2.26. The Labute approximate surface area is 116 Å². The van der Waals surface area contributed by atoms with Crippen LogP contribution in [-0.4, -0.2) is 4.57 Å². The second-order valence-corrected chi connectivity index (χ2v) is 5.21. The lowest BCUT2D eigenvalue weighted by Crippen LogP contribution is -2.20. The highest BCUT2D eigenvalue weighted by atomic mass is 79.9. The minimum Gasteiger partial charge on any atom is -0.421 e. The van der Waals surface area contributed by atoms with Gasteiger partial charge < -0.3 is 8.98 Å². The summed E-state index contributed by atoms with van der Waals surface area (Å²) in [5, 5.41) is 1.19. The molecule has 0 radical (unpaired) electrons. The van der Waals surface area contributed by atoms with Gasteiger partial charge in [0, 0.05) is 12.4 Å². The van der Waals surface area contributed by atoms with Crippen LogP contribution in [0.25, 0.3) is 21.9 Å². The summed E-state index contributed by atoms with van der Waals surface area (Å²) in [6, 6.07) is 7.36. The Morgan fingerprint density at radius 1 is 1.21 bits per heavy atom. The van der Waals surface area contributed by atoms with Gasteiger partial charge in [-0.3, -0.25) is 4.79 Å². The second kappa shape index (κ2) is 4.06. The molecule has 4 nitrogen and oxygen atoms in total. The largest absolute Gasteiger partial charge is 0.421 e. The summed E-state index contributed by atoms with van der Waals surface area (Å²) in [4.78, 5) is 24.2. The molecule has 0 atom stereocenters. The first-order chi connectivity index (χ1) is 9.02. The Bertz CT molecular complexity index is 937. The van der Waals surface area contributed by atoms with Crippen LogP contribution in [0.15, 0.2) is 42.7 Å². The van der Waals surface area contributed by atoms with E-state index in [2.05, 4.69) is 15.9 Å². The van der Waals surface area contributed by atoms with E-state index in [1.807, 2.05) is 24.3 Å². The molecule has 5 heteroatoms. The molecule has 3 aromatic rings. The van der Waals surface area contributed by atoms with Crippen LogP contribution < -0.4 is 11.2 Å². The zero-order chi connectivity index (χ0) is 13.7. The number of nitrogens with zero attached hydrogens (tertiary/aromatic N) is 1. The van der Waals surface area contributed by atoms with Crippen molar-refractivity contribution in [1.29, 1.82) is 0 Å². The second-order valence-electron chi connectivity index (χ2n) is 4.41. The van der Waals surface area contributed by atoms with Crippen LogP contribution in [0.4, 0.5) is 0 Å². The molecule has 0 saturated carbocycles. The first-order valence-corrected chi connectivity index (χ1v) is 6.52. The number of pyridine rings is 1. The third-order valence-electron chi connectivity index (χ3n) is 3.33. The predicted molar refractivity (Wildman–Crippen MR) is 77.7 cm³/mol. The normalized spacial score (nSPS) is 11.3. The number of benzene rings is 1. The molecule has 3 rings (SSSR count). The topological polar surface area (TPSA) is 52.2 Å². The van der Waals surface area contributed by atoms with Crippen molar-refractivity contribution >= 4 is 37.8 Å². The van der Waals surface area contributed by atoms with Gasteiger partial charge in [0.1, 0.15) is 4.47 Å². The monoisotopic (exact) mass is 319 g/mol. The van der Waals surface area contributed by atoms with Gasteiger partial charge in [-0.25, -0.2) is 4.79 Å². The predicted octanol–water partition coefficient (Wildman–Crippen LogP) is 2.72. The highest BCUT2D eigenvalue weighted by Gasteiger charge is 2.16. The lowest BCUT2D eigenvalue weighted by atomic mass is 10.1. The fraction of sp³-hybridized carbons (Fsp3) is 0.143. The molecule has 2 aromatic heterocycles. The van der Waals surface area contributed by atoms with E-state index in [1.165, 1.54) is 0 Å². The average Bonchev–Trinajstić information content (AvgIpc) is 2.42. The number of fused-ring (bicyclic) bond motifs is 3. The lowest BCUT2D eigenvalue weighted by Gasteiger charge is -2.09. The number of halogens is 1. The SMILES string of the molecule is Cc1c(Br)c(=O)oc2c1c(=O)n(C)c1ccccc21. The van der Waals surface area contributed by atoms with E-state index >= 15 is 0 Å². The molecular weight excluding hydrogens is 310 g/mol. The maximum Gasteiger partial charge on any atom is 0.350 e. The van der Waals surface area contributed by atoms with Gasteiger partial charge >= 0.3 is 5.63 Å². The van der Waals surface area contributed by atoms with Gasteiger partial charge in [0.15, 0.2) is 5.58 Å². The van der Waals surface area contributed by atoms with E-state index in [1.54, 1.807) is 18.5 Å². The van der Waals surface area contributed by atoms with Gasteiger partial charge in [-0.15, -0.1) is 0 Å². The molecule has 0 spiro atoms. The van der Waals surface area contributed by atoms with Crippen LogP contribution in [0.2, 0.25) is 0 Å². The quantitative estimate of drug-likeness (QED) is 0.599. The van der Waals surface area contributed by atoms with Crippen LogP contribution in [0.5, 0.6) is 0 Å². The van der Waals surface area contributed by atoms with E-state index in [9.17, 15) is 9.59 Å². The van der Waals surface area contributed by atoms with Crippen LogP contribution in [0, 0.1) is 6.92 Å². The van der Waals surface area contributed by atoms with Crippen molar-refractivity contribution in [2.75, 3.05) is 0 Å². The Balaban J connectivity index is 2.79. The zero-order valence-corrected chi connectivity index (χ0v) is 11.9. The molecule has 0 N–H and O–H groups in total. The summed E-state index contributed by atoms with van der Waals surface area (Å²) >= 11 is 3.17. The van der Waals surface area contributed by atoms with E-state index in [4.69, 9.17) is 4.42 Å². The third kappa shape index (κ3) is 1.58. The van der Waals surface area contributed by atoms with Crippen LogP contribution in [0.3, 0.4) is 0 Å². The standard InChI is InChI=1S/C14H10BrNO3/c1-7-10-12(19-14(18)11(7)15)8-5-3-4-6-9(8)16(2)13(10)17/h3-6H,1-2H3. The molecule has 0 bridgehead atoms. The molecule has 96 valence electrons. The molecule has 0 aliphatic carbocycles. The number of para-hydroxylation sites is 1. The van der Waals surface area contributed by atoms with Crippen LogP contribution in [-0.2, 0) is 7.05 Å². The molecule has 0 fully saturated rings. The van der Waals surface area contributed by atoms with Gasteiger partial charge in [-0.1, -0.05) is 12.1 Å². The van der Waals surface area contributed by atoms with Crippen molar-refractivity contribution in [3.8, 4) is 0 Å². The van der Waals surface area contributed by atoms with Crippen molar-refractivity contribution in [3.05, 3.63) is 55.1 Å². The smallest absolute Gasteiger partial charge is 0.350 e. The Kier molecular flexibility index (Phi) is 2.60. The molecule has 0 unspecified atom stereocenters. The van der Waals surface area contributed by atoms with Gasteiger partial charge in [-0.2, -0.15) is 0 Å². The van der Waals surface area contributed by atoms with Gasteiger partial charge in [0.05, 0.1) is 10.9 Å². The van der Waals surface area contributed by atoms with E-state index in [-0.39, 0.29) is 5.56 Å². The number of aromatic nitrogens is 1. The fourth-order valence-electron chi connectivity index (χ4n) is 2.30. The number of hydrogen-bond donors (Lipinski definition) is 0. The molecule has 1 aromatic carbocycles. The van der Waals surface area contributed by atoms with Crippen molar-refractivity contribution in [2.45, 2.75) is 6.92 Å². The summed E-state index contributed by atoms with van der Waals surface area (Å²) in [6.07, 6.45) is 0. The van der Waals surface area contributed by atoms with Crippen molar-refractivity contribution in [3.63, 3.8) is 0 Å². The summed E-state index contributed by atoms with van der Waals surface area (Å²) in [6.45, 7) is 1.74. The molecule has 2 heterocycles. The summed E-state index contributed by atoms with van der Waals surface area (Å²) in [7, 11) is 1.71. The first kappa shape index (κ1) is 12.2. The molecule has 19 heavy (non-hydrogen) atoms. The van der Waals surface area contributed by atoms with Crippen LogP contribution >= 0.6 is 15.9 Å². The van der Waals surface area contributed by atoms with E-state index in [0.717, 1.165) is 10.9 Å². The Morgan fingerprint density at radius 3 is 2.63 bits per heavy atom. The number of hydrogen-bond acceptors (Lipinski definition) is 3. The fourth-order valence-corrected chi connectivity index (χ4v) is 2.58. The minimum atomic E-state index is -0.469. The van der Waals surface area contributed by atoms with Crippen molar-refractivity contribution in [2.24, 2.45) is 7.05 Å². The van der Waals surface area contributed by atoms with E-state index in [0.29, 0.717) is 21.0 Å². The molecular formula is C14H10BrNO3. The lowest BCUT2D eigenvalue weighted by molar-refractivity contribution is 0.557. The maximum absolute atomic E-state index is 12.4. The molecule has 0 saturated heterocycles. The van der Waals surface area contributed by atoms with Crippen molar-refractivity contribution < 1.29 is 4.42 Å². The Morgan fingerprint density at radius 2 is 1.89 bits per heavy atom. The van der Waals surface area contributed by atoms with Gasteiger partial charge in [0.2, 0.25) is 0 Å². The third-order valence-corrected chi connectivity index (χ3v) is 4.25. The van der Waals surface area contributed by atoms with Crippen LogP contribution in [0.1, 0.15) is 5.56 Å². The zero-order valence-electron chi connectivity index (χ0n) is 10.4. The molecule has 0 aliphatic rings. The van der Waals surface area contributed by atoms with Gasteiger partial charge in [-0.05, 0) is 40.5 Å². The van der Waals surface area contributed by atoms with E-state index < -0.39 is 5.63 Å². The Hall–Kier alpha value is -1.88. The molecule has 0 amide bonds. The summed E-state index contributed by atoms with van der Waals surface area (Å²) < 4.78 is 7.17. The number of rotatable bonds is 0. The summed E-state index contributed by atoms with van der Waals surface area (Å²) in [5.41, 5.74) is 1.06. The maximum atomic E-state index is 12.4. The molecule has 0 aliphatic heterocycles. The first-order valence-electron chi connectivity index (χ1n) is 5.73. The number of aryl methyl sites for hydroxylation is 2. The van der Waals surface area contributed by atoms with Gasteiger partial charge in [0.25, 0.3) is 5.56 Å². The van der Waals surface area contributed by atoms with Crippen molar-refractivity contribution in [1.82, 2.24) is 4.57 Å².